The summed E-state index contributed by atoms with van der Waals surface area (Å²) >= 11 is 0. The molecule has 0 saturated carbocycles. The van der Waals surface area contributed by atoms with Gasteiger partial charge in [0.25, 0.3) is 0 Å². The van der Waals surface area contributed by atoms with Crippen molar-refractivity contribution < 1.29 is 17.9 Å². The van der Waals surface area contributed by atoms with Gasteiger partial charge in [-0.25, -0.2) is 8.42 Å². The fourth-order valence-corrected chi connectivity index (χ4v) is 2.75. The number of hydrogen-bond acceptors (Lipinski definition) is 4. The van der Waals surface area contributed by atoms with Crippen LogP contribution in [0.5, 0.6) is 0 Å². The summed E-state index contributed by atoms with van der Waals surface area (Å²) in [7, 11) is -1.57. The number of morpholine rings is 1. The Morgan fingerprint density at radius 1 is 1.53 bits per heavy atom. The van der Waals surface area contributed by atoms with Gasteiger partial charge in [-0.3, -0.25) is 0 Å². The van der Waals surface area contributed by atoms with Gasteiger partial charge in [-0.1, -0.05) is 0 Å². The molecule has 1 heterocycles. The number of methoxy groups -OCH3 is 1. The van der Waals surface area contributed by atoms with Gasteiger partial charge < -0.3 is 9.47 Å². The van der Waals surface area contributed by atoms with E-state index in [0.29, 0.717) is 19.7 Å². The predicted molar refractivity (Wildman–Crippen MR) is 57.2 cm³/mol. The van der Waals surface area contributed by atoms with Gasteiger partial charge in [-0.15, -0.1) is 0 Å². The van der Waals surface area contributed by atoms with E-state index in [9.17, 15) is 8.42 Å². The number of sulfonamides is 1. The van der Waals surface area contributed by atoms with Gasteiger partial charge in [0, 0.05) is 20.2 Å². The highest BCUT2D eigenvalue weighted by Gasteiger charge is 2.37. The molecule has 0 aromatic heterocycles. The Kier molecular flexibility index (Phi) is 3.76. The first-order valence-electron chi connectivity index (χ1n) is 4.86. The third-order valence-corrected chi connectivity index (χ3v) is 3.49. The van der Waals surface area contributed by atoms with Gasteiger partial charge in [0.15, 0.2) is 0 Å². The molecule has 1 fully saturated rings. The average molecular weight is 237 g/mol. The van der Waals surface area contributed by atoms with Crippen LogP contribution in [0, 0.1) is 0 Å². The summed E-state index contributed by atoms with van der Waals surface area (Å²) in [5.74, 6) is 0. The lowest BCUT2D eigenvalue weighted by molar-refractivity contribution is -0.135. The van der Waals surface area contributed by atoms with Crippen molar-refractivity contribution in [2.45, 2.75) is 25.6 Å². The molecule has 15 heavy (non-hydrogen) atoms. The molecule has 0 radical (unpaired) electrons. The molecule has 1 saturated heterocycles. The third-order valence-electron chi connectivity index (χ3n) is 2.27. The van der Waals surface area contributed by atoms with E-state index in [1.165, 1.54) is 10.6 Å². The second kappa shape index (κ2) is 4.37. The van der Waals surface area contributed by atoms with Crippen molar-refractivity contribution in [3.63, 3.8) is 0 Å². The van der Waals surface area contributed by atoms with Crippen molar-refractivity contribution in [3.8, 4) is 0 Å². The lowest BCUT2D eigenvalue weighted by Gasteiger charge is -2.41. The minimum absolute atomic E-state index is 0.187. The standard InChI is InChI=1S/C9H19NO4S/c1-9(2)7-10(15(4,11)12)5-8(14-9)6-13-3/h8H,5-7H2,1-4H3. The van der Waals surface area contributed by atoms with Crippen molar-refractivity contribution in [1.82, 2.24) is 4.31 Å². The second-order valence-corrected chi connectivity index (χ2v) is 6.49. The third kappa shape index (κ3) is 3.71. The van der Waals surface area contributed by atoms with Crippen LogP contribution in [0.25, 0.3) is 0 Å². The molecule has 1 rings (SSSR count). The number of ether oxygens (including phenoxy) is 2. The van der Waals surface area contributed by atoms with Crippen LogP contribution in [0.4, 0.5) is 0 Å². The summed E-state index contributed by atoms with van der Waals surface area (Å²) in [5, 5.41) is 0. The minimum atomic E-state index is -3.15. The summed E-state index contributed by atoms with van der Waals surface area (Å²) in [4.78, 5) is 0. The maximum absolute atomic E-state index is 11.5. The van der Waals surface area contributed by atoms with E-state index in [-0.39, 0.29) is 6.10 Å². The monoisotopic (exact) mass is 237 g/mol. The molecule has 6 heteroatoms. The maximum atomic E-state index is 11.5. The Morgan fingerprint density at radius 3 is 2.60 bits per heavy atom. The summed E-state index contributed by atoms with van der Waals surface area (Å²) in [6.45, 7) is 4.94. The van der Waals surface area contributed by atoms with Crippen LogP contribution in [0.1, 0.15) is 13.8 Å². The van der Waals surface area contributed by atoms with Crippen LogP contribution in [-0.2, 0) is 19.5 Å². The van der Waals surface area contributed by atoms with Crippen LogP contribution in [0.2, 0.25) is 0 Å². The highest BCUT2D eigenvalue weighted by molar-refractivity contribution is 7.88. The molecular weight excluding hydrogens is 218 g/mol. The lowest BCUT2D eigenvalue weighted by atomic mass is 10.1. The molecule has 1 atom stereocenters. The zero-order valence-corrected chi connectivity index (χ0v) is 10.5. The van der Waals surface area contributed by atoms with Crippen molar-refractivity contribution in [2.24, 2.45) is 0 Å². The average Bonchev–Trinajstić information content (AvgIpc) is 1.99. The van der Waals surface area contributed by atoms with Gasteiger partial charge in [0.05, 0.1) is 24.6 Å². The summed E-state index contributed by atoms with van der Waals surface area (Å²) in [6.07, 6.45) is 1.03. The fourth-order valence-electron chi connectivity index (χ4n) is 1.77. The van der Waals surface area contributed by atoms with E-state index in [0.717, 1.165) is 0 Å². The lowest BCUT2D eigenvalue weighted by Crippen LogP contribution is -2.55. The molecule has 0 aromatic rings. The van der Waals surface area contributed by atoms with Gasteiger partial charge in [0.2, 0.25) is 10.0 Å². The van der Waals surface area contributed by atoms with Crippen LogP contribution >= 0.6 is 0 Å². The Morgan fingerprint density at radius 2 is 2.13 bits per heavy atom. The SMILES string of the molecule is COCC1CN(S(C)(=O)=O)CC(C)(C)O1. The highest BCUT2D eigenvalue weighted by Crippen LogP contribution is 2.22. The first-order chi connectivity index (χ1) is 6.74. The summed E-state index contributed by atoms with van der Waals surface area (Å²) in [5.41, 5.74) is -0.454. The van der Waals surface area contributed by atoms with E-state index in [1.807, 2.05) is 13.8 Å². The molecule has 1 aliphatic heterocycles. The number of hydrogen-bond donors (Lipinski definition) is 0. The molecular formula is C9H19NO4S. The molecule has 0 spiro atoms. The zero-order valence-electron chi connectivity index (χ0n) is 9.69. The Hall–Kier alpha value is -0.170. The molecule has 0 aromatic carbocycles. The Bertz CT molecular complexity index is 312. The molecule has 1 unspecified atom stereocenters. The molecule has 90 valence electrons. The van der Waals surface area contributed by atoms with E-state index in [1.54, 1.807) is 7.11 Å². The summed E-state index contributed by atoms with van der Waals surface area (Å²) in [6, 6.07) is 0. The van der Waals surface area contributed by atoms with Crippen LogP contribution in [0.15, 0.2) is 0 Å². The first kappa shape index (κ1) is 12.9. The number of rotatable bonds is 3. The van der Waals surface area contributed by atoms with Gasteiger partial charge in [-0.05, 0) is 13.8 Å². The first-order valence-corrected chi connectivity index (χ1v) is 6.71. The highest BCUT2D eigenvalue weighted by atomic mass is 32.2. The fraction of sp³-hybridized carbons (Fsp3) is 1.00. The van der Waals surface area contributed by atoms with E-state index < -0.39 is 15.6 Å². The second-order valence-electron chi connectivity index (χ2n) is 4.51. The molecule has 0 N–H and O–H groups in total. The van der Waals surface area contributed by atoms with E-state index >= 15 is 0 Å². The normalized spacial score (nSPS) is 27.9. The van der Waals surface area contributed by atoms with Crippen LogP contribution in [-0.4, -0.2) is 57.5 Å². The van der Waals surface area contributed by atoms with Crippen molar-refractivity contribution in [1.29, 1.82) is 0 Å². The van der Waals surface area contributed by atoms with Crippen molar-refractivity contribution in [3.05, 3.63) is 0 Å². The maximum Gasteiger partial charge on any atom is 0.211 e. The Balaban J connectivity index is 2.77. The van der Waals surface area contributed by atoms with E-state index in [4.69, 9.17) is 9.47 Å². The van der Waals surface area contributed by atoms with Gasteiger partial charge in [0.1, 0.15) is 0 Å². The Labute approximate surface area is 91.4 Å². The van der Waals surface area contributed by atoms with Crippen LogP contribution in [0.3, 0.4) is 0 Å². The molecule has 0 aliphatic carbocycles. The number of nitrogens with zero attached hydrogens (tertiary/aromatic N) is 1. The quantitative estimate of drug-likeness (QED) is 0.697. The molecule has 0 bridgehead atoms. The largest absolute Gasteiger partial charge is 0.382 e. The van der Waals surface area contributed by atoms with Gasteiger partial charge >= 0.3 is 0 Å². The molecule has 0 amide bonds. The predicted octanol–water partition coefficient (Wildman–Crippen LogP) is 0.0718. The van der Waals surface area contributed by atoms with Crippen molar-refractivity contribution in [2.75, 3.05) is 33.1 Å². The van der Waals surface area contributed by atoms with Crippen molar-refractivity contribution >= 4 is 10.0 Å². The molecule has 1 aliphatic rings. The minimum Gasteiger partial charge on any atom is -0.382 e. The zero-order chi connectivity index (χ0) is 11.7. The van der Waals surface area contributed by atoms with Gasteiger partial charge in [-0.2, -0.15) is 4.31 Å². The topological polar surface area (TPSA) is 55.8 Å². The van der Waals surface area contributed by atoms with Crippen LogP contribution < -0.4 is 0 Å². The summed E-state index contributed by atoms with van der Waals surface area (Å²) < 4.78 is 35.0. The smallest absolute Gasteiger partial charge is 0.211 e. The van der Waals surface area contributed by atoms with E-state index in [2.05, 4.69) is 0 Å². The molecule has 5 nitrogen and oxygen atoms in total.